The number of sulfonamides is 1. The second-order valence-corrected chi connectivity index (χ2v) is 7.99. The van der Waals surface area contributed by atoms with Gasteiger partial charge in [0.2, 0.25) is 10.0 Å². The lowest BCUT2D eigenvalue weighted by Crippen LogP contribution is -2.31. The van der Waals surface area contributed by atoms with Gasteiger partial charge >= 0.3 is 0 Å². The van der Waals surface area contributed by atoms with Crippen molar-refractivity contribution < 1.29 is 17.7 Å². The van der Waals surface area contributed by atoms with Gasteiger partial charge < -0.3 is 4.57 Å². The molecule has 1 N–H and O–H groups in total. The second-order valence-electron chi connectivity index (χ2n) is 5.87. The summed E-state index contributed by atoms with van der Waals surface area (Å²) in [7, 11) is -2.74. The fraction of sp³-hybridized carbons (Fsp3) is 0.118. The number of hydrogen-bond donors (Lipinski definition) is 1. The van der Waals surface area contributed by atoms with Gasteiger partial charge in [0.05, 0.1) is 4.92 Å². The zero-order valence-electron chi connectivity index (χ0n) is 14.4. The van der Waals surface area contributed by atoms with Crippen LogP contribution in [0.15, 0.2) is 59.8 Å². The standard InChI is InChI=1S/C17H14ClFN4O4S/c1-22-8-7-20-17(22)16(11-3-2-4-13(19)9-11)21-28(26,27)15-6-5-12(18)10-14(15)23(24)25/h2-10,16,21H,1H3/t16-/m0/s1. The Balaban J connectivity index is 2.11. The fourth-order valence-corrected chi connectivity index (χ4v) is 4.19. The molecule has 0 aliphatic rings. The normalized spacial score (nSPS) is 12.7. The Morgan fingerprint density at radius 1 is 1.29 bits per heavy atom. The third kappa shape index (κ3) is 4.03. The largest absolute Gasteiger partial charge is 0.336 e. The predicted molar refractivity (Wildman–Crippen MR) is 99.9 cm³/mol. The number of imidazole rings is 1. The van der Waals surface area contributed by atoms with Gasteiger partial charge in [0, 0.05) is 30.5 Å². The lowest BCUT2D eigenvalue weighted by Gasteiger charge is -2.19. The average molecular weight is 425 g/mol. The van der Waals surface area contributed by atoms with Crippen molar-refractivity contribution in [1.82, 2.24) is 14.3 Å². The molecule has 0 saturated carbocycles. The van der Waals surface area contributed by atoms with E-state index in [1.165, 1.54) is 30.5 Å². The molecule has 1 atom stereocenters. The maximum atomic E-state index is 13.7. The number of nitrogens with zero attached hydrogens (tertiary/aromatic N) is 3. The average Bonchev–Trinajstić information content (AvgIpc) is 3.05. The van der Waals surface area contributed by atoms with Gasteiger partial charge in [-0.1, -0.05) is 23.7 Å². The number of halogens is 2. The smallest absolute Gasteiger partial charge is 0.290 e. The number of nitro benzene ring substituents is 1. The van der Waals surface area contributed by atoms with E-state index in [2.05, 4.69) is 9.71 Å². The van der Waals surface area contributed by atoms with Crippen LogP contribution in [0.4, 0.5) is 10.1 Å². The summed E-state index contributed by atoms with van der Waals surface area (Å²) in [5.41, 5.74) is -0.382. The molecule has 0 unspecified atom stereocenters. The van der Waals surface area contributed by atoms with Gasteiger partial charge in [-0.3, -0.25) is 10.1 Å². The third-order valence-corrected chi connectivity index (χ3v) is 5.68. The number of nitro groups is 1. The van der Waals surface area contributed by atoms with E-state index in [-0.39, 0.29) is 16.4 Å². The van der Waals surface area contributed by atoms with Gasteiger partial charge in [0.15, 0.2) is 4.90 Å². The summed E-state index contributed by atoms with van der Waals surface area (Å²) in [6, 6.07) is 7.51. The molecule has 8 nitrogen and oxygen atoms in total. The Bertz CT molecular complexity index is 1150. The van der Waals surface area contributed by atoms with Crippen LogP contribution in [0.2, 0.25) is 5.02 Å². The first-order chi connectivity index (χ1) is 13.2. The van der Waals surface area contributed by atoms with E-state index in [9.17, 15) is 22.9 Å². The number of benzene rings is 2. The first kappa shape index (κ1) is 19.9. The predicted octanol–water partition coefficient (Wildman–Crippen LogP) is 3.19. The van der Waals surface area contributed by atoms with E-state index < -0.39 is 37.4 Å². The van der Waals surface area contributed by atoms with Gasteiger partial charge in [0.1, 0.15) is 17.7 Å². The topological polar surface area (TPSA) is 107 Å². The summed E-state index contributed by atoms with van der Waals surface area (Å²) in [4.78, 5) is 14.0. The summed E-state index contributed by atoms with van der Waals surface area (Å²) < 4.78 is 43.6. The number of aromatic nitrogens is 2. The lowest BCUT2D eigenvalue weighted by molar-refractivity contribution is -0.387. The second kappa shape index (κ2) is 7.66. The molecule has 0 saturated heterocycles. The van der Waals surface area contributed by atoms with Crippen LogP contribution >= 0.6 is 11.6 Å². The molecule has 0 spiro atoms. The van der Waals surface area contributed by atoms with Crippen LogP contribution in [0.5, 0.6) is 0 Å². The number of aryl methyl sites for hydroxylation is 1. The highest BCUT2D eigenvalue weighted by Crippen LogP contribution is 2.30. The molecule has 0 fully saturated rings. The number of rotatable bonds is 6. The van der Waals surface area contributed by atoms with E-state index in [1.54, 1.807) is 17.8 Å². The van der Waals surface area contributed by atoms with Crippen molar-refractivity contribution in [2.45, 2.75) is 10.9 Å². The summed E-state index contributed by atoms with van der Waals surface area (Å²) in [5.74, 6) is -0.279. The molecule has 11 heteroatoms. The molecule has 3 rings (SSSR count). The van der Waals surface area contributed by atoms with Gasteiger partial charge in [-0.05, 0) is 29.8 Å². The first-order valence-electron chi connectivity index (χ1n) is 7.88. The highest BCUT2D eigenvalue weighted by Gasteiger charge is 2.31. The molecule has 0 aliphatic carbocycles. The first-order valence-corrected chi connectivity index (χ1v) is 9.74. The van der Waals surface area contributed by atoms with Crippen LogP contribution in [0.25, 0.3) is 0 Å². The highest BCUT2D eigenvalue weighted by molar-refractivity contribution is 7.89. The summed E-state index contributed by atoms with van der Waals surface area (Å²) in [5, 5.41) is 11.3. The van der Waals surface area contributed by atoms with Gasteiger partial charge in [-0.15, -0.1) is 0 Å². The van der Waals surface area contributed by atoms with Crippen LogP contribution in [-0.4, -0.2) is 22.9 Å². The highest BCUT2D eigenvalue weighted by atomic mass is 35.5. The molecular weight excluding hydrogens is 411 g/mol. The van der Waals surface area contributed by atoms with Crippen molar-refractivity contribution in [3.63, 3.8) is 0 Å². The monoisotopic (exact) mass is 424 g/mol. The lowest BCUT2D eigenvalue weighted by atomic mass is 10.1. The molecule has 28 heavy (non-hydrogen) atoms. The summed E-state index contributed by atoms with van der Waals surface area (Å²) in [6.45, 7) is 0. The van der Waals surface area contributed by atoms with Gasteiger partial charge in [0.25, 0.3) is 5.69 Å². The molecule has 2 aromatic carbocycles. The summed E-state index contributed by atoms with van der Waals surface area (Å²) in [6.07, 6.45) is 3.06. The maximum absolute atomic E-state index is 13.7. The third-order valence-electron chi connectivity index (χ3n) is 3.98. The van der Waals surface area contributed by atoms with Crippen molar-refractivity contribution in [3.05, 3.63) is 87.2 Å². The van der Waals surface area contributed by atoms with Crippen molar-refractivity contribution >= 4 is 27.3 Å². The number of hydrogen-bond acceptors (Lipinski definition) is 5. The molecule has 0 aliphatic heterocycles. The van der Waals surface area contributed by atoms with Crippen LogP contribution < -0.4 is 4.72 Å². The zero-order chi connectivity index (χ0) is 20.5. The molecule has 146 valence electrons. The van der Waals surface area contributed by atoms with Crippen LogP contribution in [-0.2, 0) is 17.1 Å². The van der Waals surface area contributed by atoms with E-state index in [0.29, 0.717) is 0 Å². The minimum absolute atomic E-state index is 0.0245. The van der Waals surface area contributed by atoms with Crippen LogP contribution in [0.1, 0.15) is 17.4 Å². The van der Waals surface area contributed by atoms with Crippen molar-refractivity contribution in [2.75, 3.05) is 0 Å². The molecule has 0 bridgehead atoms. The Labute approximate surface area is 164 Å². The van der Waals surface area contributed by atoms with E-state index >= 15 is 0 Å². The van der Waals surface area contributed by atoms with E-state index in [0.717, 1.165) is 18.2 Å². The molecule has 3 aromatic rings. The maximum Gasteiger partial charge on any atom is 0.290 e. The van der Waals surface area contributed by atoms with Crippen LogP contribution in [0.3, 0.4) is 0 Å². The fourth-order valence-electron chi connectivity index (χ4n) is 2.69. The Kier molecular flexibility index (Phi) is 5.45. The molecule has 1 heterocycles. The SMILES string of the molecule is Cn1ccnc1[C@@H](NS(=O)(=O)c1ccc(Cl)cc1[N+](=O)[O-])c1cccc(F)c1. The van der Waals surface area contributed by atoms with E-state index in [1.807, 2.05) is 0 Å². The molecule has 0 amide bonds. The van der Waals surface area contributed by atoms with Crippen molar-refractivity contribution in [1.29, 1.82) is 0 Å². The van der Waals surface area contributed by atoms with E-state index in [4.69, 9.17) is 11.6 Å². The molecular formula is C17H14ClFN4O4S. The number of nitrogens with one attached hydrogen (secondary N) is 1. The van der Waals surface area contributed by atoms with Crippen LogP contribution in [0, 0.1) is 15.9 Å². The summed E-state index contributed by atoms with van der Waals surface area (Å²) >= 11 is 5.76. The molecule has 1 aromatic heterocycles. The Hall–Kier alpha value is -2.82. The quantitative estimate of drug-likeness (QED) is 0.483. The zero-order valence-corrected chi connectivity index (χ0v) is 16.0. The Morgan fingerprint density at radius 3 is 2.64 bits per heavy atom. The minimum atomic E-state index is -4.38. The van der Waals surface area contributed by atoms with Crippen molar-refractivity contribution in [3.8, 4) is 0 Å². The van der Waals surface area contributed by atoms with Gasteiger partial charge in [-0.2, -0.15) is 4.72 Å². The van der Waals surface area contributed by atoms with Crippen molar-refractivity contribution in [2.24, 2.45) is 7.05 Å². The molecule has 0 radical (unpaired) electrons. The Morgan fingerprint density at radius 2 is 2.04 bits per heavy atom. The van der Waals surface area contributed by atoms with Gasteiger partial charge in [-0.25, -0.2) is 17.8 Å². The minimum Gasteiger partial charge on any atom is -0.336 e.